The van der Waals surface area contributed by atoms with Crippen molar-refractivity contribution in [2.75, 3.05) is 13.2 Å². The molecule has 0 aromatic heterocycles. The molecule has 1 unspecified atom stereocenters. The molecule has 6 nitrogen and oxygen atoms in total. The van der Waals surface area contributed by atoms with Gasteiger partial charge in [-0.2, -0.15) is 0 Å². The molecule has 0 heterocycles. The average Bonchev–Trinajstić information content (AvgIpc) is 3.25. The van der Waals surface area contributed by atoms with Crippen molar-refractivity contribution in [3.63, 3.8) is 0 Å². The Morgan fingerprint density at radius 1 is 0.333 bits per heavy atom. The highest BCUT2D eigenvalue weighted by Gasteiger charge is 2.19. The molecule has 0 amide bonds. The van der Waals surface area contributed by atoms with Gasteiger partial charge in [-0.25, -0.2) is 0 Å². The van der Waals surface area contributed by atoms with Crippen LogP contribution in [0.15, 0.2) is 0 Å². The topological polar surface area (TPSA) is 78.9 Å². The third-order valence-electron chi connectivity index (χ3n) is 12.7. The number of carbonyl (C=O) groups excluding carboxylic acids is 3. The Morgan fingerprint density at radius 3 is 0.867 bits per heavy atom. The van der Waals surface area contributed by atoms with Crippen LogP contribution in [-0.2, 0) is 28.6 Å². The van der Waals surface area contributed by atoms with E-state index in [0.29, 0.717) is 19.3 Å². The summed E-state index contributed by atoms with van der Waals surface area (Å²) in [6, 6.07) is 0. The van der Waals surface area contributed by atoms with Crippen molar-refractivity contribution in [2.45, 2.75) is 310 Å². The van der Waals surface area contributed by atoms with Gasteiger partial charge in [0.25, 0.3) is 0 Å². The maximum Gasteiger partial charge on any atom is 0.306 e. The normalized spacial score (nSPS) is 12.4. The lowest BCUT2D eigenvalue weighted by Crippen LogP contribution is -2.30. The van der Waals surface area contributed by atoms with Crippen molar-refractivity contribution in [2.24, 2.45) is 5.92 Å². The zero-order valence-electron chi connectivity index (χ0n) is 40.9. The number of hydrogen-bond acceptors (Lipinski definition) is 6. The highest BCUT2D eigenvalue weighted by molar-refractivity contribution is 5.71. The maximum absolute atomic E-state index is 12.8. The summed E-state index contributed by atoms with van der Waals surface area (Å²) >= 11 is 0. The Morgan fingerprint density at radius 2 is 0.583 bits per heavy atom. The summed E-state index contributed by atoms with van der Waals surface area (Å²) in [5, 5.41) is 0. The van der Waals surface area contributed by atoms with Crippen LogP contribution in [0, 0.1) is 5.92 Å². The van der Waals surface area contributed by atoms with Crippen LogP contribution in [0.1, 0.15) is 304 Å². The molecule has 0 aliphatic heterocycles. The predicted octanol–water partition coefficient (Wildman–Crippen LogP) is 17.5. The van der Waals surface area contributed by atoms with Crippen LogP contribution < -0.4 is 0 Å². The zero-order chi connectivity index (χ0) is 43.8. The van der Waals surface area contributed by atoms with Crippen molar-refractivity contribution >= 4 is 17.9 Å². The molecule has 356 valence electrons. The SMILES string of the molecule is CCCCCCCCCCCCCCCCCCCCC(=O)O[C@H](COC(=O)CCCCCCCCCCCCCCCC)COC(=O)CCCCCCCCC(C)CC. The van der Waals surface area contributed by atoms with Gasteiger partial charge < -0.3 is 14.2 Å². The highest BCUT2D eigenvalue weighted by atomic mass is 16.6. The summed E-state index contributed by atoms with van der Waals surface area (Å²) in [5.41, 5.74) is 0. The van der Waals surface area contributed by atoms with Gasteiger partial charge >= 0.3 is 17.9 Å². The summed E-state index contributed by atoms with van der Waals surface area (Å²) in [4.78, 5) is 38.0. The molecule has 6 heteroatoms. The number of carbonyl (C=O) groups is 3. The van der Waals surface area contributed by atoms with Gasteiger partial charge in [-0.3, -0.25) is 14.4 Å². The summed E-state index contributed by atoms with van der Waals surface area (Å²) in [6.45, 7) is 9.01. The van der Waals surface area contributed by atoms with Gasteiger partial charge in [0.15, 0.2) is 6.10 Å². The van der Waals surface area contributed by atoms with Gasteiger partial charge in [0, 0.05) is 19.3 Å². The lowest BCUT2D eigenvalue weighted by molar-refractivity contribution is -0.167. The van der Waals surface area contributed by atoms with Crippen LogP contribution in [0.3, 0.4) is 0 Å². The molecular formula is C54H104O6. The Balaban J connectivity index is 4.27. The molecule has 2 atom stereocenters. The van der Waals surface area contributed by atoms with Crippen molar-refractivity contribution in [1.29, 1.82) is 0 Å². The predicted molar refractivity (Wildman–Crippen MR) is 257 cm³/mol. The highest BCUT2D eigenvalue weighted by Crippen LogP contribution is 2.18. The summed E-state index contributed by atoms with van der Waals surface area (Å²) < 4.78 is 16.8. The molecule has 0 aromatic carbocycles. The van der Waals surface area contributed by atoms with E-state index in [1.165, 1.54) is 199 Å². The van der Waals surface area contributed by atoms with E-state index in [9.17, 15) is 14.4 Å². The average molecular weight is 849 g/mol. The molecule has 0 aliphatic carbocycles. The van der Waals surface area contributed by atoms with E-state index in [0.717, 1.165) is 63.7 Å². The third kappa shape index (κ3) is 45.9. The first kappa shape index (κ1) is 58.4. The molecule has 0 bridgehead atoms. The van der Waals surface area contributed by atoms with Crippen molar-refractivity contribution in [3.8, 4) is 0 Å². The largest absolute Gasteiger partial charge is 0.462 e. The van der Waals surface area contributed by atoms with Gasteiger partial charge in [-0.1, -0.05) is 265 Å². The first-order valence-corrected chi connectivity index (χ1v) is 26.9. The first-order valence-electron chi connectivity index (χ1n) is 26.9. The summed E-state index contributed by atoms with van der Waals surface area (Å²) in [7, 11) is 0. The van der Waals surface area contributed by atoms with Gasteiger partial charge in [0.1, 0.15) is 13.2 Å². The van der Waals surface area contributed by atoms with Crippen LogP contribution >= 0.6 is 0 Å². The lowest BCUT2D eigenvalue weighted by atomic mass is 10.00. The van der Waals surface area contributed by atoms with E-state index < -0.39 is 6.10 Å². The molecule has 0 aromatic rings. The van der Waals surface area contributed by atoms with Crippen LogP contribution in [0.4, 0.5) is 0 Å². The Kier molecular flexibility index (Phi) is 47.2. The molecular weight excluding hydrogens is 745 g/mol. The van der Waals surface area contributed by atoms with E-state index >= 15 is 0 Å². The molecule has 0 spiro atoms. The monoisotopic (exact) mass is 849 g/mol. The fourth-order valence-electron chi connectivity index (χ4n) is 8.19. The fourth-order valence-corrected chi connectivity index (χ4v) is 8.19. The van der Waals surface area contributed by atoms with Crippen molar-refractivity contribution in [1.82, 2.24) is 0 Å². The van der Waals surface area contributed by atoms with Gasteiger partial charge in [0.2, 0.25) is 0 Å². The zero-order valence-corrected chi connectivity index (χ0v) is 40.9. The second-order valence-electron chi connectivity index (χ2n) is 18.8. The molecule has 0 radical (unpaired) electrons. The number of hydrogen-bond donors (Lipinski definition) is 0. The minimum Gasteiger partial charge on any atom is -0.462 e. The van der Waals surface area contributed by atoms with E-state index in [1.807, 2.05) is 0 Å². The fraction of sp³-hybridized carbons (Fsp3) is 0.944. The molecule has 60 heavy (non-hydrogen) atoms. The quantitative estimate of drug-likeness (QED) is 0.0345. The molecule has 0 saturated carbocycles. The summed E-state index contributed by atoms with van der Waals surface area (Å²) in [6.07, 6.45) is 50.9. The number of rotatable bonds is 49. The Labute approximate surface area is 374 Å². The van der Waals surface area contributed by atoms with Gasteiger partial charge in [-0.05, 0) is 25.2 Å². The third-order valence-corrected chi connectivity index (χ3v) is 12.7. The second kappa shape index (κ2) is 48.4. The van der Waals surface area contributed by atoms with E-state index in [1.54, 1.807) is 0 Å². The van der Waals surface area contributed by atoms with Crippen LogP contribution in [0.5, 0.6) is 0 Å². The number of unbranched alkanes of at least 4 members (excludes halogenated alkanes) is 35. The van der Waals surface area contributed by atoms with Crippen LogP contribution in [0.2, 0.25) is 0 Å². The Hall–Kier alpha value is -1.59. The molecule has 0 fully saturated rings. The molecule has 0 saturated heterocycles. The van der Waals surface area contributed by atoms with E-state index in [4.69, 9.17) is 14.2 Å². The first-order chi connectivity index (χ1) is 29.4. The van der Waals surface area contributed by atoms with Crippen molar-refractivity contribution < 1.29 is 28.6 Å². The van der Waals surface area contributed by atoms with Crippen LogP contribution in [0.25, 0.3) is 0 Å². The summed E-state index contributed by atoms with van der Waals surface area (Å²) in [5.74, 6) is -0.0308. The molecule has 0 N–H and O–H groups in total. The molecule has 0 rings (SSSR count). The van der Waals surface area contributed by atoms with Gasteiger partial charge in [0.05, 0.1) is 0 Å². The number of esters is 3. The van der Waals surface area contributed by atoms with Crippen molar-refractivity contribution in [3.05, 3.63) is 0 Å². The molecule has 0 aliphatic rings. The maximum atomic E-state index is 12.8. The van der Waals surface area contributed by atoms with E-state index in [-0.39, 0.29) is 31.1 Å². The van der Waals surface area contributed by atoms with E-state index in [2.05, 4.69) is 27.7 Å². The second-order valence-corrected chi connectivity index (χ2v) is 18.8. The standard InChI is InChI=1S/C54H104O6/c1-5-8-10-12-14-16-18-20-22-23-24-25-27-29-31-33-39-43-47-54(57)60-51(49-59-53(56)46-42-38-35-34-36-40-44-50(4)7-3)48-58-52(55)45-41-37-32-30-28-26-21-19-17-15-13-11-9-6-2/h50-51H,5-49H2,1-4H3/t50?,51-/m1/s1. The van der Waals surface area contributed by atoms with Gasteiger partial charge in [-0.15, -0.1) is 0 Å². The lowest BCUT2D eigenvalue weighted by Gasteiger charge is -2.18. The minimum absolute atomic E-state index is 0.0633. The smallest absolute Gasteiger partial charge is 0.306 e. The Bertz CT molecular complexity index is 905. The van der Waals surface area contributed by atoms with Crippen LogP contribution in [-0.4, -0.2) is 37.2 Å². The minimum atomic E-state index is -0.761. The number of ether oxygens (including phenoxy) is 3.